The highest BCUT2D eigenvalue weighted by atomic mass is 16.7. The van der Waals surface area contributed by atoms with Crippen LogP contribution in [0.5, 0.6) is 0 Å². The number of carbonyl (C=O) groups excluding carboxylic acids is 1. The Morgan fingerprint density at radius 2 is 1.76 bits per heavy atom. The van der Waals surface area contributed by atoms with Gasteiger partial charge in [-0.25, -0.2) is 9.97 Å². The number of hydrogen-bond acceptors (Lipinski definition) is 8. The first-order chi connectivity index (χ1) is 18.1. The first-order valence-electron chi connectivity index (χ1n) is 13.2. The van der Waals surface area contributed by atoms with Gasteiger partial charge in [0.05, 0.1) is 17.1 Å². The molecule has 1 fully saturated rings. The number of carbonyl (C=O) groups is 1. The van der Waals surface area contributed by atoms with Crippen LogP contribution in [-0.2, 0) is 35.3 Å². The molecule has 4 aliphatic rings. The highest BCUT2D eigenvalue weighted by Crippen LogP contribution is 2.37. The summed E-state index contributed by atoms with van der Waals surface area (Å²) in [5, 5.41) is 19.0. The van der Waals surface area contributed by atoms with Gasteiger partial charge in [0.25, 0.3) is 0 Å². The van der Waals surface area contributed by atoms with Crippen LogP contribution in [0.1, 0.15) is 53.8 Å². The third kappa shape index (κ3) is 4.24. The number of amides is 1. The Hall–Kier alpha value is -3.82. The molecule has 1 spiro atoms. The maximum absolute atomic E-state index is 13.2. The minimum absolute atomic E-state index is 0.00868. The lowest BCUT2D eigenvalue weighted by atomic mass is 9.84. The molecule has 2 aliphatic heterocycles. The number of H-pyrrole nitrogens is 1. The van der Waals surface area contributed by atoms with Crippen LogP contribution in [0, 0.1) is 5.92 Å². The van der Waals surface area contributed by atoms with E-state index in [0.717, 1.165) is 67.6 Å². The molecule has 10 nitrogen and oxygen atoms in total. The second kappa shape index (κ2) is 8.93. The summed E-state index contributed by atoms with van der Waals surface area (Å²) in [7, 11) is 0. The number of likely N-dealkylation sites (tertiary alicyclic amines) is 1. The van der Waals surface area contributed by atoms with Crippen molar-refractivity contribution in [2.75, 3.05) is 18.4 Å². The fourth-order valence-corrected chi connectivity index (χ4v) is 6.23. The van der Waals surface area contributed by atoms with E-state index in [-0.39, 0.29) is 17.4 Å². The summed E-state index contributed by atoms with van der Waals surface area (Å²) < 4.78 is 0. The molecule has 10 heteroatoms. The number of benzene rings is 1. The van der Waals surface area contributed by atoms with E-state index in [1.807, 2.05) is 17.3 Å². The number of nitrogens with zero attached hydrogens (tertiary/aromatic N) is 6. The molecule has 1 amide bonds. The van der Waals surface area contributed by atoms with Crippen LogP contribution in [0.4, 0.5) is 5.95 Å². The SMILES string of the molecule is O=C([C@H]1CCc2n[nH]nc2C1)N1CCC2(CC1)CC(c1cnc(NC3Cc4ccccc4C3)nc1)=NO2. The maximum atomic E-state index is 13.2. The molecule has 1 aromatic carbocycles. The Morgan fingerprint density at radius 1 is 1.03 bits per heavy atom. The van der Waals surface area contributed by atoms with Gasteiger partial charge in [-0.3, -0.25) is 4.79 Å². The van der Waals surface area contributed by atoms with E-state index in [1.165, 1.54) is 11.1 Å². The van der Waals surface area contributed by atoms with Crippen molar-refractivity contribution in [2.24, 2.45) is 11.1 Å². The van der Waals surface area contributed by atoms with Gasteiger partial charge in [-0.2, -0.15) is 15.4 Å². The zero-order valence-corrected chi connectivity index (χ0v) is 20.7. The van der Waals surface area contributed by atoms with Crippen LogP contribution in [0.25, 0.3) is 0 Å². The number of fused-ring (bicyclic) bond motifs is 2. The van der Waals surface area contributed by atoms with Crippen LogP contribution >= 0.6 is 0 Å². The number of aromatic amines is 1. The van der Waals surface area contributed by atoms with Crippen molar-refractivity contribution in [2.45, 2.75) is 63.0 Å². The molecule has 2 aromatic heterocycles. The van der Waals surface area contributed by atoms with Crippen LogP contribution < -0.4 is 5.32 Å². The van der Waals surface area contributed by atoms with E-state index in [0.29, 0.717) is 31.5 Å². The standard InChI is InChI=1S/C27H30N8O2/c36-25(19-5-6-22-23(13-19)32-34-31-22)35-9-7-27(8-10-35)14-24(33-37-27)20-15-28-26(29-16-20)30-21-11-17-3-1-2-4-18(17)12-21/h1-4,15-16,19,21H,5-14H2,(H,28,29,30)(H,31,32,34)/t19-/m0/s1. The third-order valence-electron chi connectivity index (χ3n) is 8.42. The lowest BCUT2D eigenvalue weighted by molar-refractivity contribution is -0.141. The monoisotopic (exact) mass is 498 g/mol. The zero-order valence-electron chi connectivity index (χ0n) is 20.7. The van der Waals surface area contributed by atoms with Crippen molar-refractivity contribution in [3.05, 3.63) is 64.7 Å². The number of piperidine rings is 1. The van der Waals surface area contributed by atoms with E-state index in [9.17, 15) is 4.79 Å². The quantitative estimate of drug-likeness (QED) is 0.567. The fourth-order valence-electron chi connectivity index (χ4n) is 6.23. The summed E-state index contributed by atoms with van der Waals surface area (Å²) in [6, 6.07) is 8.89. The molecule has 0 unspecified atom stereocenters. The van der Waals surface area contributed by atoms with E-state index in [4.69, 9.17) is 4.84 Å². The molecule has 0 bridgehead atoms. The molecule has 1 atom stereocenters. The van der Waals surface area contributed by atoms with Crippen molar-refractivity contribution in [1.29, 1.82) is 0 Å². The molecule has 190 valence electrons. The number of nitrogens with one attached hydrogen (secondary N) is 2. The van der Waals surface area contributed by atoms with E-state index in [1.54, 1.807) is 0 Å². The minimum atomic E-state index is -0.343. The Morgan fingerprint density at radius 3 is 2.51 bits per heavy atom. The van der Waals surface area contributed by atoms with E-state index in [2.05, 4.69) is 60.1 Å². The minimum Gasteiger partial charge on any atom is -0.388 e. The average molecular weight is 499 g/mol. The summed E-state index contributed by atoms with van der Waals surface area (Å²) >= 11 is 0. The maximum Gasteiger partial charge on any atom is 0.226 e. The van der Waals surface area contributed by atoms with E-state index >= 15 is 0 Å². The van der Waals surface area contributed by atoms with Gasteiger partial charge in [-0.05, 0) is 36.8 Å². The second-order valence-electron chi connectivity index (χ2n) is 10.8. The summed E-state index contributed by atoms with van der Waals surface area (Å²) in [6.45, 7) is 1.37. The predicted molar refractivity (Wildman–Crippen MR) is 136 cm³/mol. The van der Waals surface area contributed by atoms with Crippen molar-refractivity contribution in [3.8, 4) is 0 Å². The van der Waals surface area contributed by atoms with Crippen LogP contribution in [0.3, 0.4) is 0 Å². The lowest BCUT2D eigenvalue weighted by Gasteiger charge is -2.38. The Kier molecular flexibility index (Phi) is 5.40. The van der Waals surface area contributed by atoms with Crippen molar-refractivity contribution >= 4 is 17.6 Å². The molecule has 1 saturated heterocycles. The summed E-state index contributed by atoms with van der Waals surface area (Å²) in [4.78, 5) is 30.3. The number of hydrogen-bond donors (Lipinski definition) is 2. The first kappa shape index (κ1) is 22.4. The van der Waals surface area contributed by atoms with Gasteiger partial charge in [-0.15, -0.1) is 0 Å². The third-order valence-corrected chi connectivity index (χ3v) is 8.42. The van der Waals surface area contributed by atoms with Crippen molar-refractivity contribution < 1.29 is 9.63 Å². The number of rotatable bonds is 4. The summed E-state index contributed by atoms with van der Waals surface area (Å²) in [6.07, 6.45) is 10.2. The number of aryl methyl sites for hydroxylation is 1. The van der Waals surface area contributed by atoms with Crippen molar-refractivity contribution in [1.82, 2.24) is 30.3 Å². The lowest BCUT2D eigenvalue weighted by Crippen LogP contribution is -2.49. The van der Waals surface area contributed by atoms with Gasteiger partial charge < -0.3 is 15.1 Å². The van der Waals surface area contributed by atoms with Gasteiger partial charge in [0, 0.05) is 68.7 Å². The Bertz CT molecular complexity index is 1320. The second-order valence-corrected chi connectivity index (χ2v) is 10.8. The molecule has 7 rings (SSSR count). The molecule has 0 radical (unpaired) electrons. The van der Waals surface area contributed by atoms with E-state index < -0.39 is 0 Å². The zero-order chi connectivity index (χ0) is 24.8. The van der Waals surface area contributed by atoms with Crippen LogP contribution in [0.15, 0.2) is 41.8 Å². The molecule has 37 heavy (non-hydrogen) atoms. The van der Waals surface area contributed by atoms with Gasteiger partial charge in [0.15, 0.2) is 0 Å². The normalized spacial score (nSPS) is 22.3. The number of oxime groups is 1. The van der Waals surface area contributed by atoms with Gasteiger partial charge >= 0.3 is 0 Å². The molecule has 4 heterocycles. The Labute approximate surface area is 214 Å². The van der Waals surface area contributed by atoms with Gasteiger partial charge in [0.2, 0.25) is 11.9 Å². The largest absolute Gasteiger partial charge is 0.388 e. The van der Waals surface area contributed by atoms with Gasteiger partial charge in [0.1, 0.15) is 5.60 Å². The highest BCUT2D eigenvalue weighted by Gasteiger charge is 2.44. The molecule has 2 aliphatic carbocycles. The first-order valence-corrected chi connectivity index (χ1v) is 13.2. The highest BCUT2D eigenvalue weighted by molar-refractivity contribution is 6.01. The molecular weight excluding hydrogens is 468 g/mol. The topological polar surface area (TPSA) is 121 Å². The molecule has 0 saturated carbocycles. The summed E-state index contributed by atoms with van der Waals surface area (Å²) in [5.74, 6) is 0.859. The van der Waals surface area contributed by atoms with Crippen molar-refractivity contribution in [3.63, 3.8) is 0 Å². The Balaban J connectivity index is 0.925. The number of aromatic nitrogens is 5. The fraction of sp³-hybridized carbons (Fsp3) is 0.481. The van der Waals surface area contributed by atoms with Gasteiger partial charge in [-0.1, -0.05) is 29.4 Å². The predicted octanol–water partition coefficient (Wildman–Crippen LogP) is 2.46. The smallest absolute Gasteiger partial charge is 0.226 e. The van der Waals surface area contributed by atoms with Crippen LogP contribution in [-0.4, -0.2) is 66.6 Å². The average Bonchev–Trinajstić information content (AvgIpc) is 3.67. The molecule has 2 N–H and O–H groups in total. The van der Waals surface area contributed by atoms with Crippen LogP contribution in [0.2, 0.25) is 0 Å². The number of anilines is 1. The molecular formula is C27H30N8O2. The summed E-state index contributed by atoms with van der Waals surface area (Å²) in [5.41, 5.74) is 6.16. The molecule has 3 aromatic rings.